The van der Waals surface area contributed by atoms with Crippen LogP contribution in [0.5, 0.6) is 0 Å². The molecular weight excluding hydrogens is 336 g/mol. The Balaban J connectivity index is 1.89. The largest absolute Gasteiger partial charge is 0.370 e. The normalized spacial score (nSPS) is 14.0. The van der Waals surface area contributed by atoms with E-state index >= 15 is 0 Å². The molecule has 3 aromatic rings. The number of hydrogen-bond donors (Lipinski definition) is 1. The topological polar surface area (TPSA) is 76.9 Å². The van der Waals surface area contributed by atoms with Crippen molar-refractivity contribution < 1.29 is 8.42 Å². The molecule has 4 rings (SSSR count). The van der Waals surface area contributed by atoms with E-state index in [0.29, 0.717) is 4.90 Å². The minimum Gasteiger partial charge on any atom is -0.370 e. The minimum absolute atomic E-state index is 0.309. The summed E-state index contributed by atoms with van der Waals surface area (Å²) >= 11 is 0. The minimum atomic E-state index is -3.21. The third kappa shape index (κ3) is 2.91. The van der Waals surface area contributed by atoms with Gasteiger partial charge in [-0.05, 0) is 36.2 Å². The third-order valence-electron chi connectivity index (χ3n) is 4.32. The lowest BCUT2D eigenvalue weighted by Crippen LogP contribution is -2.17. The van der Waals surface area contributed by atoms with Crippen molar-refractivity contribution in [2.24, 2.45) is 0 Å². The molecule has 1 aromatic carbocycles. The number of aromatic nitrogens is 3. The predicted molar refractivity (Wildman–Crippen MR) is 97.1 cm³/mol. The summed E-state index contributed by atoms with van der Waals surface area (Å²) in [6.07, 6.45) is 5.76. The Morgan fingerprint density at radius 3 is 2.44 bits per heavy atom. The zero-order valence-corrected chi connectivity index (χ0v) is 14.6. The first kappa shape index (κ1) is 15.8. The van der Waals surface area contributed by atoms with E-state index in [1.807, 2.05) is 28.9 Å². The maximum atomic E-state index is 11.7. The zero-order valence-electron chi connectivity index (χ0n) is 13.8. The molecule has 0 bridgehead atoms. The average molecular weight is 354 g/mol. The van der Waals surface area contributed by atoms with Gasteiger partial charge in [-0.2, -0.15) is 5.10 Å². The molecule has 6 nitrogen and oxygen atoms in total. The van der Waals surface area contributed by atoms with Crippen molar-refractivity contribution in [2.75, 3.05) is 18.1 Å². The summed E-state index contributed by atoms with van der Waals surface area (Å²) in [5.74, 6) is 1.000. The van der Waals surface area contributed by atoms with E-state index in [2.05, 4.69) is 10.3 Å². The number of rotatable bonds is 3. The number of sulfone groups is 1. The van der Waals surface area contributed by atoms with E-state index < -0.39 is 9.84 Å². The van der Waals surface area contributed by atoms with Gasteiger partial charge in [0.25, 0.3) is 0 Å². The highest BCUT2D eigenvalue weighted by atomic mass is 32.2. The average Bonchev–Trinajstić information content (AvgIpc) is 3.01. The predicted octanol–water partition coefficient (Wildman–Crippen LogP) is 2.83. The molecule has 0 fully saturated rings. The summed E-state index contributed by atoms with van der Waals surface area (Å²) in [5.41, 5.74) is 3.79. The van der Waals surface area contributed by atoms with Crippen LogP contribution in [0.25, 0.3) is 22.4 Å². The van der Waals surface area contributed by atoms with Gasteiger partial charge in [-0.1, -0.05) is 12.1 Å². The van der Waals surface area contributed by atoms with Gasteiger partial charge in [-0.25, -0.2) is 13.1 Å². The number of pyridine rings is 1. The van der Waals surface area contributed by atoms with Gasteiger partial charge in [0.05, 0.1) is 10.5 Å². The van der Waals surface area contributed by atoms with Gasteiger partial charge in [0, 0.05) is 37.3 Å². The number of nitrogens with zero attached hydrogens (tertiary/aromatic N) is 3. The Labute approximate surface area is 146 Å². The summed E-state index contributed by atoms with van der Waals surface area (Å²) in [5, 5.41) is 8.21. The van der Waals surface area contributed by atoms with Gasteiger partial charge in [-0.15, -0.1) is 0 Å². The zero-order chi connectivity index (χ0) is 17.4. The summed E-state index contributed by atoms with van der Waals surface area (Å²) < 4.78 is 25.4. The first-order chi connectivity index (χ1) is 12.0. The monoisotopic (exact) mass is 354 g/mol. The molecule has 0 saturated heterocycles. The molecule has 0 aliphatic carbocycles. The van der Waals surface area contributed by atoms with Crippen molar-refractivity contribution in [3.05, 3.63) is 48.8 Å². The van der Waals surface area contributed by atoms with Crippen molar-refractivity contribution in [3.8, 4) is 22.4 Å². The number of aryl methyl sites for hydroxylation is 1. The fourth-order valence-electron chi connectivity index (χ4n) is 3.09. The first-order valence-electron chi connectivity index (χ1n) is 8.09. The molecule has 2 aromatic heterocycles. The summed E-state index contributed by atoms with van der Waals surface area (Å²) in [6.45, 7) is 1.78. The van der Waals surface area contributed by atoms with Crippen LogP contribution in [0.1, 0.15) is 6.42 Å². The molecule has 0 saturated carbocycles. The van der Waals surface area contributed by atoms with E-state index in [1.165, 1.54) is 6.26 Å². The molecular formula is C18H18N4O2S. The van der Waals surface area contributed by atoms with E-state index in [0.717, 1.165) is 47.7 Å². The molecule has 0 amide bonds. The van der Waals surface area contributed by atoms with Crippen LogP contribution >= 0.6 is 0 Å². The summed E-state index contributed by atoms with van der Waals surface area (Å²) in [6, 6.07) is 10.8. The molecule has 0 spiro atoms. The van der Waals surface area contributed by atoms with Gasteiger partial charge < -0.3 is 5.32 Å². The summed E-state index contributed by atoms with van der Waals surface area (Å²) in [4.78, 5) is 4.40. The molecule has 3 heterocycles. The molecule has 1 aliphatic rings. The van der Waals surface area contributed by atoms with E-state index in [9.17, 15) is 8.42 Å². The van der Waals surface area contributed by atoms with Crippen molar-refractivity contribution in [2.45, 2.75) is 17.9 Å². The number of hydrogen-bond acceptors (Lipinski definition) is 5. The lowest BCUT2D eigenvalue weighted by molar-refractivity contribution is 0.569. The fraction of sp³-hybridized carbons (Fsp3) is 0.222. The molecule has 0 radical (unpaired) electrons. The molecule has 25 heavy (non-hydrogen) atoms. The quantitative estimate of drug-likeness (QED) is 0.783. The molecule has 0 unspecified atom stereocenters. The summed E-state index contributed by atoms with van der Waals surface area (Å²) in [7, 11) is -3.21. The van der Waals surface area contributed by atoms with Crippen molar-refractivity contribution in [3.63, 3.8) is 0 Å². The highest BCUT2D eigenvalue weighted by Crippen LogP contribution is 2.38. The van der Waals surface area contributed by atoms with Gasteiger partial charge in [0.2, 0.25) is 0 Å². The van der Waals surface area contributed by atoms with Crippen LogP contribution in [-0.4, -0.2) is 36.0 Å². The maximum Gasteiger partial charge on any atom is 0.175 e. The lowest BCUT2D eigenvalue weighted by Gasteiger charge is -2.17. The van der Waals surface area contributed by atoms with Crippen LogP contribution in [-0.2, 0) is 16.4 Å². The second-order valence-electron chi connectivity index (χ2n) is 6.11. The second kappa shape index (κ2) is 6.00. The van der Waals surface area contributed by atoms with Crippen molar-refractivity contribution in [1.29, 1.82) is 0 Å². The highest BCUT2D eigenvalue weighted by molar-refractivity contribution is 7.90. The molecule has 0 atom stereocenters. The smallest absolute Gasteiger partial charge is 0.175 e. The molecule has 128 valence electrons. The Morgan fingerprint density at radius 2 is 1.76 bits per heavy atom. The van der Waals surface area contributed by atoms with Crippen LogP contribution in [0, 0.1) is 0 Å². The van der Waals surface area contributed by atoms with Gasteiger partial charge in [0.1, 0.15) is 11.5 Å². The Hall–Kier alpha value is -2.67. The highest BCUT2D eigenvalue weighted by Gasteiger charge is 2.22. The molecule has 1 aliphatic heterocycles. The standard InChI is InChI=1S/C18H18N4O2S/c1-25(23,24)15-5-3-14(4-6-15)17-16(13-7-10-19-11-8-13)18-20-9-2-12-22(18)21-17/h3-8,10-11,20H,2,9,12H2,1H3. The van der Waals surface area contributed by atoms with E-state index in [4.69, 9.17) is 5.10 Å². The van der Waals surface area contributed by atoms with Crippen LogP contribution < -0.4 is 5.32 Å². The van der Waals surface area contributed by atoms with Crippen LogP contribution in [0.4, 0.5) is 5.82 Å². The van der Waals surface area contributed by atoms with Gasteiger partial charge in [0.15, 0.2) is 9.84 Å². The molecule has 1 N–H and O–H groups in total. The van der Waals surface area contributed by atoms with E-state index in [1.54, 1.807) is 24.5 Å². The van der Waals surface area contributed by atoms with E-state index in [-0.39, 0.29) is 0 Å². The van der Waals surface area contributed by atoms with Gasteiger partial charge in [-0.3, -0.25) is 4.98 Å². The SMILES string of the molecule is CS(=O)(=O)c1ccc(-c2nn3c(c2-c2ccncc2)NCCC3)cc1. The van der Waals surface area contributed by atoms with Crippen LogP contribution in [0.15, 0.2) is 53.7 Å². The van der Waals surface area contributed by atoms with Crippen LogP contribution in [0.3, 0.4) is 0 Å². The maximum absolute atomic E-state index is 11.7. The number of fused-ring (bicyclic) bond motifs is 1. The number of nitrogens with one attached hydrogen (secondary N) is 1. The Kier molecular flexibility index (Phi) is 3.80. The fourth-order valence-corrected chi connectivity index (χ4v) is 3.72. The third-order valence-corrected chi connectivity index (χ3v) is 5.44. The van der Waals surface area contributed by atoms with Crippen molar-refractivity contribution >= 4 is 15.7 Å². The number of anilines is 1. The Bertz CT molecular complexity index is 1010. The Morgan fingerprint density at radius 1 is 1.04 bits per heavy atom. The molecule has 7 heteroatoms. The first-order valence-corrected chi connectivity index (χ1v) is 9.99. The number of benzene rings is 1. The van der Waals surface area contributed by atoms with Crippen molar-refractivity contribution in [1.82, 2.24) is 14.8 Å². The second-order valence-corrected chi connectivity index (χ2v) is 8.12. The lowest BCUT2D eigenvalue weighted by atomic mass is 10.0. The van der Waals surface area contributed by atoms with Gasteiger partial charge >= 0.3 is 0 Å². The van der Waals surface area contributed by atoms with Crippen LogP contribution in [0.2, 0.25) is 0 Å².